The van der Waals surface area contributed by atoms with E-state index in [0.717, 1.165) is 30.5 Å². The summed E-state index contributed by atoms with van der Waals surface area (Å²) in [6.45, 7) is 2.02. The van der Waals surface area contributed by atoms with Gasteiger partial charge in [0.25, 0.3) is 0 Å². The number of para-hydroxylation sites is 1. The molecule has 5 heteroatoms. The van der Waals surface area contributed by atoms with Crippen molar-refractivity contribution >= 4 is 59.3 Å². The van der Waals surface area contributed by atoms with E-state index in [4.69, 9.17) is 0 Å². The molecule has 17 heavy (non-hydrogen) atoms. The molecular formula is C12H9Br3N2. The van der Waals surface area contributed by atoms with Gasteiger partial charge in [0.05, 0.1) is 5.69 Å². The van der Waals surface area contributed by atoms with Crippen LogP contribution in [0.4, 0.5) is 11.5 Å². The molecular weight excluding hydrogens is 412 g/mol. The summed E-state index contributed by atoms with van der Waals surface area (Å²) >= 11 is 10.4. The Hall–Kier alpha value is -0.390. The van der Waals surface area contributed by atoms with Gasteiger partial charge in [0.15, 0.2) is 0 Å². The Balaban J connectivity index is 2.38. The van der Waals surface area contributed by atoms with Crippen LogP contribution in [-0.2, 0) is 0 Å². The third kappa shape index (κ3) is 3.09. The smallest absolute Gasteiger partial charge is 0.133 e. The summed E-state index contributed by atoms with van der Waals surface area (Å²) < 4.78 is 2.97. The predicted molar refractivity (Wildman–Crippen MR) is 81.8 cm³/mol. The Morgan fingerprint density at radius 3 is 2.35 bits per heavy atom. The minimum absolute atomic E-state index is 0.848. The summed E-state index contributed by atoms with van der Waals surface area (Å²) in [6, 6.07) is 7.98. The molecule has 0 atom stereocenters. The van der Waals surface area contributed by atoms with Gasteiger partial charge >= 0.3 is 0 Å². The third-order valence-corrected chi connectivity index (χ3v) is 4.01. The Kier molecular flexibility index (Phi) is 4.22. The summed E-state index contributed by atoms with van der Waals surface area (Å²) in [4.78, 5) is 4.36. The lowest BCUT2D eigenvalue weighted by atomic mass is 10.2. The molecule has 0 amide bonds. The molecule has 0 fully saturated rings. The van der Waals surface area contributed by atoms with Gasteiger partial charge in [-0.25, -0.2) is 4.98 Å². The first-order chi connectivity index (χ1) is 8.08. The number of nitrogens with one attached hydrogen (secondary N) is 1. The quantitative estimate of drug-likeness (QED) is 0.701. The maximum atomic E-state index is 4.36. The predicted octanol–water partition coefficient (Wildman–Crippen LogP) is 5.42. The minimum Gasteiger partial charge on any atom is -0.338 e. The highest BCUT2D eigenvalue weighted by Crippen LogP contribution is 2.33. The molecule has 0 aliphatic heterocycles. The number of rotatable bonds is 2. The van der Waals surface area contributed by atoms with Crippen molar-refractivity contribution < 1.29 is 0 Å². The largest absolute Gasteiger partial charge is 0.338 e. The molecule has 1 heterocycles. The molecule has 2 nitrogen and oxygen atoms in total. The van der Waals surface area contributed by atoms with E-state index in [9.17, 15) is 0 Å². The van der Waals surface area contributed by atoms with Crippen molar-refractivity contribution in [1.82, 2.24) is 4.98 Å². The maximum absolute atomic E-state index is 4.36. The maximum Gasteiger partial charge on any atom is 0.133 e. The van der Waals surface area contributed by atoms with Crippen molar-refractivity contribution in [3.8, 4) is 0 Å². The molecule has 1 aromatic carbocycles. The number of benzene rings is 1. The number of hydrogen-bond acceptors (Lipinski definition) is 2. The van der Waals surface area contributed by atoms with Gasteiger partial charge in [-0.3, -0.25) is 0 Å². The van der Waals surface area contributed by atoms with E-state index in [-0.39, 0.29) is 0 Å². The van der Waals surface area contributed by atoms with E-state index in [2.05, 4.69) is 58.1 Å². The first-order valence-corrected chi connectivity index (χ1v) is 7.29. The first kappa shape index (κ1) is 13.1. The molecule has 0 radical (unpaired) electrons. The van der Waals surface area contributed by atoms with Gasteiger partial charge in [-0.05, 0) is 78.5 Å². The Bertz CT molecular complexity index is 535. The summed E-state index contributed by atoms with van der Waals surface area (Å²) in [6.07, 6.45) is 1.78. The van der Waals surface area contributed by atoms with Crippen molar-refractivity contribution in [2.75, 3.05) is 5.32 Å². The van der Waals surface area contributed by atoms with Crippen molar-refractivity contribution in [2.24, 2.45) is 0 Å². The number of aromatic nitrogens is 1. The van der Waals surface area contributed by atoms with Gasteiger partial charge in [-0.1, -0.05) is 6.07 Å². The minimum atomic E-state index is 0.848. The first-order valence-electron chi connectivity index (χ1n) is 4.91. The molecule has 0 saturated heterocycles. The number of nitrogens with zero attached hydrogens (tertiary/aromatic N) is 1. The van der Waals surface area contributed by atoms with E-state index in [1.165, 1.54) is 0 Å². The number of aryl methyl sites for hydroxylation is 1. The highest BCUT2D eigenvalue weighted by atomic mass is 79.9. The van der Waals surface area contributed by atoms with E-state index in [0.29, 0.717) is 0 Å². The van der Waals surface area contributed by atoms with Gasteiger partial charge in [-0.15, -0.1) is 0 Å². The topological polar surface area (TPSA) is 24.9 Å². The van der Waals surface area contributed by atoms with Crippen LogP contribution in [0.5, 0.6) is 0 Å². The molecule has 0 unspecified atom stereocenters. The van der Waals surface area contributed by atoms with Crippen LogP contribution in [0.25, 0.3) is 0 Å². The molecule has 2 rings (SSSR count). The lowest BCUT2D eigenvalue weighted by molar-refractivity contribution is 1.24. The fraction of sp³-hybridized carbons (Fsp3) is 0.0833. The third-order valence-electron chi connectivity index (χ3n) is 2.25. The van der Waals surface area contributed by atoms with Crippen LogP contribution < -0.4 is 5.32 Å². The van der Waals surface area contributed by atoms with Crippen molar-refractivity contribution in [3.05, 3.63) is 49.4 Å². The zero-order valence-electron chi connectivity index (χ0n) is 8.97. The fourth-order valence-corrected chi connectivity index (χ4v) is 3.05. The Morgan fingerprint density at radius 1 is 1.12 bits per heavy atom. The van der Waals surface area contributed by atoms with Gasteiger partial charge in [-0.2, -0.15) is 0 Å². The van der Waals surface area contributed by atoms with Gasteiger partial charge in [0.2, 0.25) is 0 Å². The number of pyridine rings is 1. The highest BCUT2D eigenvalue weighted by Gasteiger charge is 2.07. The van der Waals surface area contributed by atoms with E-state index in [1.54, 1.807) is 6.20 Å². The SMILES string of the molecule is Cc1cc(Br)cnc1Nc1c(Br)cccc1Br. The number of anilines is 2. The van der Waals surface area contributed by atoms with Crippen molar-refractivity contribution in [1.29, 1.82) is 0 Å². The lowest BCUT2D eigenvalue weighted by Crippen LogP contribution is -1.97. The molecule has 0 aliphatic carbocycles. The average Bonchev–Trinajstić information content (AvgIpc) is 2.26. The van der Waals surface area contributed by atoms with Gasteiger partial charge in [0.1, 0.15) is 5.82 Å². The second-order valence-corrected chi connectivity index (χ2v) is 6.17. The van der Waals surface area contributed by atoms with Crippen molar-refractivity contribution in [2.45, 2.75) is 6.92 Å². The normalized spacial score (nSPS) is 10.4. The molecule has 1 N–H and O–H groups in total. The highest BCUT2D eigenvalue weighted by molar-refractivity contribution is 9.11. The molecule has 0 saturated carbocycles. The van der Waals surface area contributed by atoms with Gasteiger partial charge < -0.3 is 5.32 Å². The number of halogens is 3. The molecule has 0 bridgehead atoms. The number of hydrogen-bond donors (Lipinski definition) is 1. The van der Waals surface area contributed by atoms with Gasteiger partial charge in [0, 0.05) is 19.6 Å². The van der Waals surface area contributed by atoms with Crippen LogP contribution in [0, 0.1) is 6.92 Å². The monoisotopic (exact) mass is 418 g/mol. The van der Waals surface area contributed by atoms with Crippen LogP contribution in [0.1, 0.15) is 5.56 Å². The van der Waals surface area contributed by atoms with Crippen molar-refractivity contribution in [3.63, 3.8) is 0 Å². The zero-order chi connectivity index (χ0) is 12.4. The second kappa shape index (κ2) is 5.50. The van der Waals surface area contributed by atoms with Crippen LogP contribution in [0.3, 0.4) is 0 Å². The van der Waals surface area contributed by atoms with Crippen LogP contribution in [0.2, 0.25) is 0 Å². The average molecular weight is 421 g/mol. The summed E-state index contributed by atoms with van der Waals surface area (Å²) in [5.41, 5.74) is 2.06. The lowest BCUT2D eigenvalue weighted by Gasteiger charge is -2.12. The van der Waals surface area contributed by atoms with Crippen LogP contribution >= 0.6 is 47.8 Å². The Morgan fingerprint density at radius 2 is 1.76 bits per heavy atom. The molecule has 88 valence electrons. The van der Waals surface area contributed by atoms with Crippen LogP contribution in [-0.4, -0.2) is 4.98 Å². The van der Waals surface area contributed by atoms with Crippen LogP contribution in [0.15, 0.2) is 43.9 Å². The van der Waals surface area contributed by atoms with E-state index in [1.807, 2.05) is 31.2 Å². The molecule has 0 aliphatic rings. The second-order valence-electron chi connectivity index (χ2n) is 3.54. The van der Waals surface area contributed by atoms with E-state index >= 15 is 0 Å². The summed E-state index contributed by atoms with van der Waals surface area (Å²) in [7, 11) is 0. The van der Waals surface area contributed by atoms with E-state index < -0.39 is 0 Å². The fourth-order valence-electron chi connectivity index (χ4n) is 1.41. The molecule has 1 aromatic heterocycles. The zero-order valence-corrected chi connectivity index (χ0v) is 13.7. The standard InChI is InChI=1S/C12H9Br3N2/c1-7-5-8(13)6-16-12(7)17-11-9(14)3-2-4-10(11)15/h2-6H,1H3,(H,16,17). The molecule has 2 aromatic rings. The Labute approximate surface area is 125 Å². The summed E-state index contributed by atoms with van der Waals surface area (Å²) in [5, 5.41) is 3.31. The summed E-state index contributed by atoms with van der Waals surface area (Å²) in [5.74, 6) is 0.848. The molecule has 0 spiro atoms.